The molecule has 0 radical (unpaired) electrons. The predicted molar refractivity (Wildman–Crippen MR) is 62.6 cm³/mol. The van der Waals surface area contributed by atoms with Crippen LogP contribution in [-0.4, -0.2) is 44.2 Å². The maximum atomic E-state index is 12.2. The molecule has 0 aliphatic carbocycles. The van der Waals surface area contributed by atoms with Gasteiger partial charge in [-0.1, -0.05) is 6.92 Å². The Morgan fingerprint density at radius 1 is 1.06 bits per heavy atom. The molecule has 17 heavy (non-hydrogen) atoms. The summed E-state index contributed by atoms with van der Waals surface area (Å²) in [7, 11) is 0. The number of hydrogen-bond donors (Lipinski definition) is 0. The van der Waals surface area contributed by atoms with Gasteiger partial charge in [-0.15, -0.1) is 0 Å². The van der Waals surface area contributed by atoms with Gasteiger partial charge in [-0.05, 0) is 27.2 Å². The maximum Gasteiger partial charge on any atom is 0.329 e. The van der Waals surface area contributed by atoms with E-state index in [1.807, 2.05) is 20.8 Å². The zero-order valence-corrected chi connectivity index (χ0v) is 11.1. The van der Waals surface area contributed by atoms with Gasteiger partial charge in [0.2, 0.25) is 0 Å². The molecule has 0 saturated carbocycles. The summed E-state index contributed by atoms with van der Waals surface area (Å²) >= 11 is 0. The zero-order chi connectivity index (χ0) is 13.3. The highest BCUT2D eigenvalue weighted by atomic mass is 19.1. The molecule has 4 nitrogen and oxygen atoms in total. The number of hydrogen-bond acceptors (Lipinski definition) is 4. The lowest BCUT2D eigenvalue weighted by Crippen LogP contribution is -2.27. The first-order chi connectivity index (χ1) is 7.97. The first-order valence-corrected chi connectivity index (χ1v) is 6.01. The zero-order valence-electron chi connectivity index (χ0n) is 11.1. The lowest BCUT2D eigenvalue weighted by molar-refractivity contribution is -0.143. The van der Waals surface area contributed by atoms with Gasteiger partial charge < -0.3 is 14.2 Å². The minimum atomic E-state index is -1.46. The molecule has 0 saturated heterocycles. The molecule has 0 aliphatic rings. The predicted octanol–water partition coefficient (Wildman–Crippen LogP) is 2.11. The molecule has 0 amide bonds. The molecule has 0 heterocycles. The van der Waals surface area contributed by atoms with Gasteiger partial charge >= 0.3 is 6.04 Å². The van der Waals surface area contributed by atoms with Crippen molar-refractivity contribution in [1.29, 1.82) is 0 Å². The monoisotopic (exact) mass is 250 g/mol. The quantitative estimate of drug-likeness (QED) is 0.557. The van der Waals surface area contributed by atoms with Crippen LogP contribution in [0.1, 0.15) is 34.1 Å². The summed E-state index contributed by atoms with van der Waals surface area (Å²) in [5.74, 6) is 0. The second-order valence-electron chi connectivity index (χ2n) is 4.11. The van der Waals surface area contributed by atoms with E-state index in [-0.39, 0.29) is 18.8 Å². The van der Waals surface area contributed by atoms with Crippen molar-refractivity contribution in [3.63, 3.8) is 0 Å². The molecule has 3 atom stereocenters. The summed E-state index contributed by atoms with van der Waals surface area (Å²) in [6.45, 7) is 8.52. The Labute approximate surface area is 102 Å². The van der Waals surface area contributed by atoms with Gasteiger partial charge in [0.25, 0.3) is 0 Å². The van der Waals surface area contributed by atoms with Crippen molar-refractivity contribution in [2.45, 2.75) is 52.4 Å². The largest absolute Gasteiger partial charge is 0.376 e. The number of carbonyl (C=O) groups excluding carboxylic acids is 1. The van der Waals surface area contributed by atoms with Crippen LogP contribution in [0.15, 0.2) is 0 Å². The summed E-state index contributed by atoms with van der Waals surface area (Å²) in [5.41, 5.74) is 0. The van der Waals surface area contributed by atoms with Gasteiger partial charge in [0.1, 0.15) is 6.10 Å². The average Bonchev–Trinajstić information content (AvgIpc) is 2.30. The van der Waals surface area contributed by atoms with Gasteiger partial charge in [-0.3, -0.25) is 4.79 Å². The minimum Gasteiger partial charge on any atom is -0.376 e. The Morgan fingerprint density at radius 3 is 2.12 bits per heavy atom. The van der Waals surface area contributed by atoms with Crippen LogP contribution in [0.2, 0.25) is 0 Å². The molecule has 0 aliphatic heterocycles. The normalized spacial score (nSPS) is 16.5. The van der Waals surface area contributed by atoms with Crippen molar-refractivity contribution in [1.82, 2.24) is 0 Å². The molecule has 0 aromatic carbocycles. The van der Waals surface area contributed by atoms with E-state index < -0.39 is 12.1 Å². The van der Waals surface area contributed by atoms with Crippen molar-refractivity contribution in [3.8, 4) is 0 Å². The Morgan fingerprint density at radius 2 is 1.59 bits per heavy atom. The highest BCUT2D eigenvalue weighted by Crippen LogP contribution is 2.01. The molecular weight excluding hydrogens is 227 g/mol. The molecule has 0 bridgehead atoms. The fraction of sp³-hybridized carbons (Fsp3) is 0.917. The Kier molecular flexibility index (Phi) is 9.21. The van der Waals surface area contributed by atoms with Crippen LogP contribution in [0.25, 0.3) is 0 Å². The summed E-state index contributed by atoms with van der Waals surface area (Å²) < 4.78 is 28.0. The van der Waals surface area contributed by atoms with Crippen LogP contribution in [0.3, 0.4) is 0 Å². The Hall–Kier alpha value is -0.520. The third-order valence-electron chi connectivity index (χ3n) is 2.12. The lowest BCUT2D eigenvalue weighted by Gasteiger charge is -2.18. The maximum absolute atomic E-state index is 12.2. The number of halogens is 1. The summed E-state index contributed by atoms with van der Waals surface area (Å²) in [4.78, 5) is 10.3. The third kappa shape index (κ3) is 9.21. The van der Waals surface area contributed by atoms with E-state index in [4.69, 9.17) is 14.2 Å². The first-order valence-electron chi connectivity index (χ1n) is 6.01. The third-order valence-corrected chi connectivity index (χ3v) is 2.12. The molecular formula is C12H23FO4. The highest BCUT2D eigenvalue weighted by Gasteiger charge is 2.14. The number of carbonyl (C=O) groups is 1. The van der Waals surface area contributed by atoms with Crippen LogP contribution in [-0.2, 0) is 19.0 Å². The van der Waals surface area contributed by atoms with Crippen molar-refractivity contribution in [2.75, 3.05) is 19.8 Å². The molecule has 0 aromatic heterocycles. The summed E-state index contributed by atoms with van der Waals surface area (Å²) in [5, 5.41) is 0. The van der Waals surface area contributed by atoms with E-state index in [1.54, 1.807) is 0 Å². The Balaban J connectivity index is 3.58. The average molecular weight is 250 g/mol. The van der Waals surface area contributed by atoms with Crippen LogP contribution in [0.4, 0.5) is 4.39 Å². The highest BCUT2D eigenvalue weighted by molar-refractivity contribution is 5.72. The Bertz CT molecular complexity index is 211. The van der Waals surface area contributed by atoms with Gasteiger partial charge in [-0.2, -0.15) is 4.39 Å². The molecule has 0 fully saturated rings. The SMILES string of the molecule is CCCOC(C)COC(C)COC(C)C(=O)F. The van der Waals surface area contributed by atoms with E-state index in [0.29, 0.717) is 13.2 Å². The van der Waals surface area contributed by atoms with Crippen molar-refractivity contribution in [3.05, 3.63) is 0 Å². The number of rotatable bonds is 10. The fourth-order valence-corrected chi connectivity index (χ4v) is 1.06. The van der Waals surface area contributed by atoms with Gasteiger partial charge in [0.05, 0.1) is 25.4 Å². The fourth-order valence-electron chi connectivity index (χ4n) is 1.06. The molecule has 0 rings (SSSR count). The molecule has 0 N–H and O–H groups in total. The van der Waals surface area contributed by atoms with E-state index >= 15 is 0 Å². The first kappa shape index (κ1) is 16.5. The summed E-state index contributed by atoms with van der Waals surface area (Å²) in [6, 6.07) is -1.46. The molecule has 102 valence electrons. The van der Waals surface area contributed by atoms with Gasteiger partial charge in [-0.25, -0.2) is 0 Å². The topological polar surface area (TPSA) is 44.8 Å². The second kappa shape index (κ2) is 9.50. The van der Waals surface area contributed by atoms with Crippen molar-refractivity contribution >= 4 is 6.04 Å². The van der Waals surface area contributed by atoms with Crippen molar-refractivity contribution in [2.24, 2.45) is 0 Å². The minimum absolute atomic E-state index is 0.0256. The smallest absolute Gasteiger partial charge is 0.329 e. The molecule has 5 heteroatoms. The molecule has 0 spiro atoms. The molecule has 3 unspecified atom stereocenters. The van der Waals surface area contributed by atoms with Crippen LogP contribution in [0, 0.1) is 0 Å². The standard InChI is InChI=1S/C12H23FO4/c1-5-6-15-9(2)7-16-10(3)8-17-11(4)12(13)14/h9-11H,5-8H2,1-4H3. The van der Waals surface area contributed by atoms with Gasteiger partial charge in [0, 0.05) is 6.61 Å². The van der Waals surface area contributed by atoms with E-state index in [0.717, 1.165) is 6.42 Å². The van der Waals surface area contributed by atoms with Gasteiger partial charge in [0.15, 0.2) is 0 Å². The van der Waals surface area contributed by atoms with Crippen LogP contribution in [0.5, 0.6) is 0 Å². The molecule has 0 aromatic rings. The van der Waals surface area contributed by atoms with E-state index in [2.05, 4.69) is 0 Å². The van der Waals surface area contributed by atoms with Crippen LogP contribution >= 0.6 is 0 Å². The lowest BCUT2D eigenvalue weighted by atomic mass is 10.4. The summed E-state index contributed by atoms with van der Waals surface area (Å²) in [6.07, 6.45) is -0.212. The van der Waals surface area contributed by atoms with Crippen LogP contribution < -0.4 is 0 Å². The van der Waals surface area contributed by atoms with Crippen molar-refractivity contribution < 1.29 is 23.4 Å². The van der Waals surface area contributed by atoms with E-state index in [1.165, 1.54) is 6.92 Å². The van der Waals surface area contributed by atoms with E-state index in [9.17, 15) is 9.18 Å². The second-order valence-corrected chi connectivity index (χ2v) is 4.11. The number of ether oxygens (including phenoxy) is 3.